The number of halogens is 1. The van der Waals surface area contributed by atoms with E-state index in [9.17, 15) is 0 Å². The fraction of sp³-hybridized carbons (Fsp3) is 0.0556. The van der Waals surface area contributed by atoms with Gasteiger partial charge in [0.15, 0.2) is 0 Å². The van der Waals surface area contributed by atoms with Crippen LogP contribution in [0.4, 0.5) is 0 Å². The molecular weight excluding hydrogens is 326 g/mol. The van der Waals surface area contributed by atoms with Crippen LogP contribution in [0.2, 0.25) is 0 Å². The quantitative estimate of drug-likeness (QED) is 0.649. The Hall–Kier alpha value is -2.13. The lowest BCUT2D eigenvalue weighted by Gasteiger charge is -2.10. The van der Waals surface area contributed by atoms with Gasteiger partial charge in [0.2, 0.25) is 5.88 Å². The molecule has 0 atom stereocenters. The van der Waals surface area contributed by atoms with Gasteiger partial charge in [-0.3, -0.25) is 0 Å². The third-order valence-electron chi connectivity index (χ3n) is 3.13. The molecule has 1 heterocycles. The molecule has 0 spiro atoms. The van der Waals surface area contributed by atoms with Crippen molar-refractivity contribution in [2.75, 3.05) is 0 Å². The Bertz CT molecular complexity index is 654. The van der Waals surface area contributed by atoms with Crippen LogP contribution in [0.5, 0.6) is 11.6 Å². The highest BCUT2D eigenvalue weighted by molar-refractivity contribution is 9.10. The summed E-state index contributed by atoms with van der Waals surface area (Å²) >= 11 is 3.64. The largest absolute Gasteiger partial charge is 0.438 e. The second-order valence-corrected chi connectivity index (χ2v) is 5.45. The molecule has 3 rings (SSSR count). The summed E-state index contributed by atoms with van der Waals surface area (Å²) in [6, 6.07) is 22.0. The first-order chi connectivity index (χ1) is 10.3. The summed E-state index contributed by atoms with van der Waals surface area (Å²) in [6.45, 7) is 0. The van der Waals surface area contributed by atoms with Gasteiger partial charge >= 0.3 is 0 Å². The van der Waals surface area contributed by atoms with Gasteiger partial charge < -0.3 is 4.74 Å². The molecule has 0 saturated heterocycles. The van der Waals surface area contributed by atoms with Crippen LogP contribution in [-0.4, -0.2) is 4.98 Å². The highest BCUT2D eigenvalue weighted by Crippen LogP contribution is 2.32. The Morgan fingerprint density at radius 2 is 1.67 bits per heavy atom. The lowest BCUT2D eigenvalue weighted by atomic mass is 10.1. The number of rotatable bonds is 4. The van der Waals surface area contributed by atoms with Crippen molar-refractivity contribution in [3.63, 3.8) is 0 Å². The van der Waals surface area contributed by atoms with Crippen LogP contribution in [0.3, 0.4) is 0 Å². The Morgan fingerprint density at radius 1 is 0.857 bits per heavy atom. The highest BCUT2D eigenvalue weighted by Gasteiger charge is 2.08. The average Bonchev–Trinajstić information content (AvgIpc) is 2.53. The summed E-state index contributed by atoms with van der Waals surface area (Å²) in [5.41, 5.74) is 2.46. The Labute approximate surface area is 132 Å². The van der Waals surface area contributed by atoms with Gasteiger partial charge in [-0.1, -0.05) is 48.5 Å². The number of hydrogen-bond donors (Lipinski definition) is 0. The second kappa shape index (κ2) is 6.55. The molecule has 0 unspecified atom stereocenters. The van der Waals surface area contributed by atoms with Crippen molar-refractivity contribution in [1.82, 2.24) is 4.98 Å². The van der Waals surface area contributed by atoms with E-state index in [1.165, 1.54) is 11.1 Å². The maximum absolute atomic E-state index is 5.83. The van der Waals surface area contributed by atoms with Crippen LogP contribution in [-0.2, 0) is 6.42 Å². The monoisotopic (exact) mass is 339 g/mol. The maximum atomic E-state index is 5.83. The molecule has 3 aromatic rings. The molecule has 0 aliphatic carbocycles. The summed E-state index contributed by atoms with van der Waals surface area (Å²) in [5, 5.41) is 0. The first kappa shape index (κ1) is 13.8. The van der Waals surface area contributed by atoms with Crippen LogP contribution < -0.4 is 4.74 Å². The van der Waals surface area contributed by atoms with E-state index < -0.39 is 0 Å². The topological polar surface area (TPSA) is 22.1 Å². The number of aromatic nitrogens is 1. The van der Waals surface area contributed by atoms with E-state index in [4.69, 9.17) is 4.74 Å². The molecule has 0 fully saturated rings. The molecule has 0 N–H and O–H groups in total. The molecule has 104 valence electrons. The van der Waals surface area contributed by atoms with E-state index >= 15 is 0 Å². The van der Waals surface area contributed by atoms with E-state index in [-0.39, 0.29) is 0 Å². The Morgan fingerprint density at radius 3 is 2.43 bits per heavy atom. The number of pyridine rings is 1. The van der Waals surface area contributed by atoms with Gasteiger partial charge in [0.1, 0.15) is 5.75 Å². The van der Waals surface area contributed by atoms with Crippen molar-refractivity contribution in [2.45, 2.75) is 6.42 Å². The lowest BCUT2D eigenvalue weighted by molar-refractivity contribution is 0.459. The summed E-state index contributed by atoms with van der Waals surface area (Å²) < 4.78 is 6.80. The summed E-state index contributed by atoms with van der Waals surface area (Å²) in [4.78, 5) is 4.19. The molecule has 0 aliphatic rings. The maximum Gasteiger partial charge on any atom is 0.219 e. The highest BCUT2D eigenvalue weighted by atomic mass is 79.9. The summed E-state index contributed by atoms with van der Waals surface area (Å²) in [7, 11) is 0. The molecule has 0 amide bonds. The van der Waals surface area contributed by atoms with Crippen LogP contribution in [0.15, 0.2) is 77.4 Å². The number of benzene rings is 2. The smallest absolute Gasteiger partial charge is 0.219 e. The predicted octanol–water partition coefficient (Wildman–Crippen LogP) is 5.23. The third kappa shape index (κ3) is 3.50. The van der Waals surface area contributed by atoms with Crippen molar-refractivity contribution in [3.05, 3.63) is 88.5 Å². The molecular formula is C18H14BrNO. The predicted molar refractivity (Wildman–Crippen MR) is 87.7 cm³/mol. The zero-order chi connectivity index (χ0) is 14.5. The first-order valence-corrected chi connectivity index (χ1v) is 7.52. The molecule has 0 saturated carbocycles. The van der Waals surface area contributed by atoms with Crippen LogP contribution >= 0.6 is 15.9 Å². The SMILES string of the molecule is Brc1c(Cc2ccccc2)cccc1Oc1ccccn1. The number of nitrogens with zero attached hydrogens (tertiary/aromatic N) is 1. The molecule has 1 aromatic heterocycles. The number of hydrogen-bond acceptors (Lipinski definition) is 2. The normalized spacial score (nSPS) is 10.3. The van der Waals surface area contributed by atoms with Crippen molar-refractivity contribution in [2.24, 2.45) is 0 Å². The van der Waals surface area contributed by atoms with Crippen molar-refractivity contribution >= 4 is 15.9 Å². The van der Waals surface area contributed by atoms with E-state index in [2.05, 4.69) is 51.2 Å². The molecule has 0 aliphatic heterocycles. The standard InChI is InChI=1S/C18H14BrNO/c19-18-15(13-14-7-2-1-3-8-14)9-6-10-16(18)21-17-11-4-5-12-20-17/h1-12H,13H2. The lowest BCUT2D eigenvalue weighted by Crippen LogP contribution is -1.93. The van der Waals surface area contributed by atoms with Gasteiger partial charge in [-0.15, -0.1) is 0 Å². The van der Waals surface area contributed by atoms with Gasteiger partial charge in [-0.25, -0.2) is 4.98 Å². The Balaban J connectivity index is 1.85. The first-order valence-electron chi connectivity index (χ1n) is 6.73. The molecule has 3 heteroatoms. The summed E-state index contributed by atoms with van der Waals surface area (Å²) in [5.74, 6) is 1.37. The number of ether oxygens (including phenoxy) is 1. The van der Waals surface area contributed by atoms with E-state index in [0.717, 1.165) is 16.6 Å². The van der Waals surface area contributed by atoms with Crippen LogP contribution in [0.1, 0.15) is 11.1 Å². The minimum absolute atomic E-state index is 0.593. The van der Waals surface area contributed by atoms with E-state index in [1.807, 2.05) is 36.4 Å². The van der Waals surface area contributed by atoms with Crippen molar-refractivity contribution in [1.29, 1.82) is 0 Å². The van der Waals surface area contributed by atoms with Crippen LogP contribution in [0, 0.1) is 0 Å². The fourth-order valence-electron chi connectivity index (χ4n) is 2.11. The molecule has 2 aromatic carbocycles. The van der Waals surface area contributed by atoms with Gasteiger partial charge in [-0.2, -0.15) is 0 Å². The van der Waals surface area contributed by atoms with E-state index in [1.54, 1.807) is 6.20 Å². The molecule has 21 heavy (non-hydrogen) atoms. The van der Waals surface area contributed by atoms with Gasteiger partial charge in [0, 0.05) is 12.3 Å². The Kier molecular flexibility index (Phi) is 4.31. The zero-order valence-electron chi connectivity index (χ0n) is 11.4. The summed E-state index contributed by atoms with van der Waals surface area (Å²) in [6.07, 6.45) is 2.58. The third-order valence-corrected chi connectivity index (χ3v) is 4.03. The average molecular weight is 340 g/mol. The minimum Gasteiger partial charge on any atom is -0.438 e. The van der Waals surface area contributed by atoms with Gasteiger partial charge in [0.25, 0.3) is 0 Å². The molecule has 0 radical (unpaired) electrons. The van der Waals surface area contributed by atoms with Crippen molar-refractivity contribution in [3.8, 4) is 11.6 Å². The van der Waals surface area contributed by atoms with Gasteiger partial charge in [-0.05, 0) is 45.6 Å². The van der Waals surface area contributed by atoms with Crippen LogP contribution in [0.25, 0.3) is 0 Å². The minimum atomic E-state index is 0.593. The molecule has 2 nitrogen and oxygen atoms in total. The van der Waals surface area contributed by atoms with E-state index in [0.29, 0.717) is 5.88 Å². The fourth-order valence-corrected chi connectivity index (χ4v) is 2.59. The van der Waals surface area contributed by atoms with Crippen molar-refractivity contribution < 1.29 is 4.74 Å². The zero-order valence-corrected chi connectivity index (χ0v) is 13.0. The second-order valence-electron chi connectivity index (χ2n) is 4.66. The van der Waals surface area contributed by atoms with Gasteiger partial charge in [0.05, 0.1) is 4.47 Å². The molecule has 0 bridgehead atoms.